The summed E-state index contributed by atoms with van der Waals surface area (Å²) in [5, 5.41) is 20.7. The standard InChI is InChI=1S/C21H38N8O8/c22-28-25-7-2-1-4-18(27-19(30)5-3-8-26-29-23)21(33)24-9-11-35-13-15-37-17-16-36-14-12-34-10-6-20(31)32/h18H,1-17H2,(H,24,33)(H,27,30)(H,31,32)/t18-/m0/s1. The van der Waals surface area contributed by atoms with E-state index in [0.29, 0.717) is 71.9 Å². The zero-order valence-corrected chi connectivity index (χ0v) is 21.1. The van der Waals surface area contributed by atoms with Crippen molar-refractivity contribution in [3.05, 3.63) is 20.9 Å². The lowest BCUT2D eigenvalue weighted by atomic mass is 10.1. The number of azide groups is 2. The van der Waals surface area contributed by atoms with E-state index in [1.54, 1.807) is 0 Å². The molecule has 3 N–H and O–H groups in total. The number of amides is 2. The van der Waals surface area contributed by atoms with Crippen LogP contribution in [0.15, 0.2) is 10.2 Å². The van der Waals surface area contributed by atoms with Crippen molar-refractivity contribution in [2.75, 3.05) is 72.5 Å². The van der Waals surface area contributed by atoms with E-state index >= 15 is 0 Å². The molecule has 16 nitrogen and oxygen atoms in total. The minimum atomic E-state index is -0.904. The molecule has 0 aromatic rings. The number of carboxylic acids is 1. The molecule has 210 valence electrons. The van der Waals surface area contributed by atoms with Crippen LogP contribution in [0.25, 0.3) is 20.9 Å². The van der Waals surface area contributed by atoms with Gasteiger partial charge in [0.25, 0.3) is 0 Å². The highest BCUT2D eigenvalue weighted by Gasteiger charge is 2.19. The molecular formula is C21H38N8O8. The van der Waals surface area contributed by atoms with Gasteiger partial charge in [0.1, 0.15) is 6.04 Å². The first kappa shape index (κ1) is 33.9. The second kappa shape index (κ2) is 25.9. The Labute approximate surface area is 215 Å². The number of carbonyl (C=O) groups excluding carboxylic acids is 2. The molecular weight excluding hydrogens is 492 g/mol. The molecule has 0 rings (SSSR count). The number of rotatable bonds is 26. The Morgan fingerprint density at radius 2 is 1.30 bits per heavy atom. The largest absolute Gasteiger partial charge is 0.481 e. The first-order chi connectivity index (χ1) is 18.0. The lowest BCUT2D eigenvalue weighted by Crippen LogP contribution is -2.47. The van der Waals surface area contributed by atoms with Gasteiger partial charge in [-0.25, -0.2) is 0 Å². The predicted molar refractivity (Wildman–Crippen MR) is 132 cm³/mol. The summed E-state index contributed by atoms with van der Waals surface area (Å²) in [6.45, 7) is 3.30. The molecule has 0 saturated carbocycles. The van der Waals surface area contributed by atoms with Gasteiger partial charge < -0.3 is 34.7 Å². The lowest BCUT2D eigenvalue weighted by Gasteiger charge is -2.18. The van der Waals surface area contributed by atoms with Crippen molar-refractivity contribution in [2.24, 2.45) is 10.2 Å². The quantitative estimate of drug-likeness (QED) is 0.0643. The molecule has 0 fully saturated rings. The number of unbranched alkanes of at least 4 members (excludes halogenated alkanes) is 1. The lowest BCUT2D eigenvalue weighted by molar-refractivity contribution is -0.138. The molecule has 37 heavy (non-hydrogen) atoms. The Morgan fingerprint density at radius 1 is 0.757 bits per heavy atom. The predicted octanol–water partition coefficient (Wildman–Crippen LogP) is 1.70. The third kappa shape index (κ3) is 24.3. The van der Waals surface area contributed by atoms with Crippen LogP contribution in [0.4, 0.5) is 0 Å². The summed E-state index contributed by atoms with van der Waals surface area (Å²) in [5.74, 6) is -1.55. The van der Waals surface area contributed by atoms with Crippen LogP contribution in [-0.4, -0.2) is 101 Å². The van der Waals surface area contributed by atoms with Crippen molar-refractivity contribution in [3.8, 4) is 0 Å². The number of aliphatic carboxylic acids is 1. The van der Waals surface area contributed by atoms with Crippen LogP contribution in [0.3, 0.4) is 0 Å². The number of carbonyl (C=O) groups is 3. The number of nitrogens with one attached hydrogen (secondary N) is 2. The van der Waals surface area contributed by atoms with Crippen molar-refractivity contribution < 1.29 is 38.4 Å². The van der Waals surface area contributed by atoms with Gasteiger partial charge in [0.05, 0.1) is 59.3 Å². The highest BCUT2D eigenvalue weighted by molar-refractivity contribution is 5.87. The van der Waals surface area contributed by atoms with Gasteiger partial charge in [-0.3, -0.25) is 14.4 Å². The van der Waals surface area contributed by atoms with Gasteiger partial charge in [-0.1, -0.05) is 16.6 Å². The van der Waals surface area contributed by atoms with Gasteiger partial charge >= 0.3 is 5.97 Å². The Kier molecular flexibility index (Phi) is 23.8. The van der Waals surface area contributed by atoms with Crippen LogP contribution in [0, 0.1) is 0 Å². The highest BCUT2D eigenvalue weighted by atomic mass is 16.6. The third-order valence-corrected chi connectivity index (χ3v) is 4.56. The number of nitrogens with zero attached hydrogens (tertiary/aromatic N) is 6. The molecule has 0 heterocycles. The molecule has 0 aromatic carbocycles. The summed E-state index contributed by atoms with van der Waals surface area (Å²) in [7, 11) is 0. The molecule has 0 bridgehead atoms. The third-order valence-electron chi connectivity index (χ3n) is 4.56. The van der Waals surface area contributed by atoms with Crippen molar-refractivity contribution in [2.45, 2.75) is 44.6 Å². The number of hydrogen-bond donors (Lipinski definition) is 3. The molecule has 0 aromatic heterocycles. The molecule has 1 atom stereocenters. The van der Waals surface area contributed by atoms with E-state index in [-0.39, 0.29) is 51.0 Å². The van der Waals surface area contributed by atoms with Crippen molar-refractivity contribution in [1.82, 2.24) is 10.6 Å². The molecule has 0 radical (unpaired) electrons. The summed E-state index contributed by atoms with van der Waals surface area (Å²) in [4.78, 5) is 40.3. The number of hydrogen-bond acceptors (Lipinski definition) is 9. The molecule has 16 heteroatoms. The van der Waals surface area contributed by atoms with E-state index in [0.717, 1.165) is 0 Å². The summed E-state index contributed by atoms with van der Waals surface area (Å²) in [5.41, 5.74) is 16.6. The zero-order valence-electron chi connectivity index (χ0n) is 21.1. The van der Waals surface area contributed by atoms with E-state index in [1.165, 1.54) is 0 Å². The first-order valence-electron chi connectivity index (χ1n) is 12.1. The van der Waals surface area contributed by atoms with Gasteiger partial charge in [0.2, 0.25) is 11.8 Å². The molecule has 0 spiro atoms. The van der Waals surface area contributed by atoms with Gasteiger partial charge in [-0.2, -0.15) is 0 Å². The fourth-order valence-corrected chi connectivity index (χ4v) is 2.76. The average molecular weight is 531 g/mol. The maximum Gasteiger partial charge on any atom is 0.305 e. The Morgan fingerprint density at radius 3 is 1.86 bits per heavy atom. The molecule has 0 saturated heterocycles. The summed E-state index contributed by atoms with van der Waals surface area (Å²) < 4.78 is 21.2. The normalized spacial score (nSPS) is 11.1. The first-order valence-corrected chi connectivity index (χ1v) is 12.1. The maximum absolute atomic E-state index is 12.5. The van der Waals surface area contributed by atoms with E-state index in [9.17, 15) is 14.4 Å². The Hall–Kier alpha value is -3.13. The topological polar surface area (TPSA) is 230 Å². The van der Waals surface area contributed by atoms with Crippen LogP contribution in [0.1, 0.15) is 38.5 Å². The van der Waals surface area contributed by atoms with E-state index < -0.39 is 12.0 Å². The van der Waals surface area contributed by atoms with E-state index in [2.05, 4.69) is 30.7 Å². The second-order valence-electron chi connectivity index (χ2n) is 7.51. The van der Waals surface area contributed by atoms with Crippen molar-refractivity contribution in [1.29, 1.82) is 0 Å². The van der Waals surface area contributed by atoms with Crippen LogP contribution in [0.5, 0.6) is 0 Å². The van der Waals surface area contributed by atoms with Gasteiger partial charge in [-0.15, -0.1) is 0 Å². The minimum Gasteiger partial charge on any atom is -0.481 e. The number of carboxylic acid groups (broad SMARTS) is 1. The van der Waals surface area contributed by atoms with E-state index in [4.69, 9.17) is 35.1 Å². The zero-order chi connectivity index (χ0) is 27.4. The second-order valence-corrected chi connectivity index (χ2v) is 7.51. The average Bonchev–Trinajstić information content (AvgIpc) is 2.87. The number of ether oxygens (including phenoxy) is 4. The van der Waals surface area contributed by atoms with Crippen LogP contribution < -0.4 is 10.6 Å². The summed E-state index contributed by atoms with van der Waals surface area (Å²) in [6, 6.07) is -0.732. The van der Waals surface area contributed by atoms with Crippen molar-refractivity contribution >= 4 is 17.8 Å². The smallest absolute Gasteiger partial charge is 0.305 e. The van der Waals surface area contributed by atoms with Crippen molar-refractivity contribution in [3.63, 3.8) is 0 Å². The van der Waals surface area contributed by atoms with Crippen LogP contribution in [0.2, 0.25) is 0 Å². The Balaban J connectivity index is 3.95. The Bertz CT molecular complexity index is 729. The monoisotopic (exact) mass is 530 g/mol. The highest BCUT2D eigenvalue weighted by Crippen LogP contribution is 2.04. The summed E-state index contributed by atoms with van der Waals surface area (Å²) in [6.07, 6.45) is 2.05. The van der Waals surface area contributed by atoms with E-state index in [1.807, 2.05) is 0 Å². The molecule has 0 unspecified atom stereocenters. The maximum atomic E-state index is 12.5. The minimum absolute atomic E-state index is 0.0364. The fraction of sp³-hybridized carbons (Fsp3) is 0.857. The van der Waals surface area contributed by atoms with Crippen LogP contribution in [-0.2, 0) is 33.3 Å². The fourth-order valence-electron chi connectivity index (χ4n) is 2.76. The molecule has 0 aliphatic rings. The molecule has 0 aliphatic carbocycles. The molecule has 2 amide bonds. The van der Waals surface area contributed by atoms with Gasteiger partial charge in [-0.05, 0) is 30.3 Å². The molecule has 0 aliphatic heterocycles. The SMILES string of the molecule is [N-]=[N+]=NCCCC[C@H](NC(=O)CCCN=[N+]=[N-])C(=O)NCCOCCOCCOCCOCCC(=O)O. The van der Waals surface area contributed by atoms with Crippen LogP contribution >= 0.6 is 0 Å². The summed E-state index contributed by atoms with van der Waals surface area (Å²) >= 11 is 0. The van der Waals surface area contributed by atoms with Gasteiger partial charge in [0, 0.05) is 35.9 Å². The van der Waals surface area contributed by atoms with Gasteiger partial charge in [0.15, 0.2) is 0 Å².